The number of carbonyl (C=O) groups excluding carboxylic acids is 2. The molecule has 0 aliphatic heterocycles. The molecule has 0 fully saturated rings. The van der Waals surface area contributed by atoms with Crippen LogP contribution in [0.5, 0.6) is 5.75 Å². The Balaban J connectivity index is 1.70. The minimum Gasteiger partial charge on any atom is -0.492 e. The molecule has 2 rings (SSSR count). The second kappa shape index (κ2) is 10.8. The summed E-state index contributed by atoms with van der Waals surface area (Å²) in [4.78, 5) is 23.3. The quantitative estimate of drug-likeness (QED) is 0.432. The molecule has 0 aliphatic carbocycles. The molecule has 0 aromatic heterocycles. The molecule has 0 aliphatic rings. The summed E-state index contributed by atoms with van der Waals surface area (Å²) in [5.41, 5.74) is 0.441. The van der Waals surface area contributed by atoms with Crippen molar-refractivity contribution >= 4 is 21.7 Å². The Kier molecular flexibility index (Phi) is 8.49. The van der Waals surface area contributed by atoms with Crippen LogP contribution in [-0.4, -0.2) is 51.2 Å². The summed E-state index contributed by atoms with van der Waals surface area (Å²) in [5, 5.41) is 2.69. The summed E-state index contributed by atoms with van der Waals surface area (Å²) in [5.74, 6) is -0.194. The van der Waals surface area contributed by atoms with Crippen molar-refractivity contribution in [1.82, 2.24) is 9.62 Å². The minimum atomic E-state index is -3.69. The van der Waals surface area contributed by atoms with Gasteiger partial charge >= 0.3 is 0 Å². The highest BCUT2D eigenvalue weighted by Gasteiger charge is 2.20. The molecule has 1 N–H and O–H groups in total. The Hall–Kier alpha value is -2.78. The van der Waals surface area contributed by atoms with Gasteiger partial charge in [-0.2, -0.15) is 0 Å². The van der Waals surface area contributed by atoms with Gasteiger partial charge in [-0.3, -0.25) is 9.59 Å². The largest absolute Gasteiger partial charge is 0.492 e. The number of carbonyl (C=O) groups is 2. The third kappa shape index (κ3) is 6.93. The fourth-order valence-corrected chi connectivity index (χ4v) is 3.81. The van der Waals surface area contributed by atoms with E-state index in [0.29, 0.717) is 17.7 Å². The molecular weight excluding hydrogens is 411 g/mol. The average Bonchev–Trinajstić information content (AvgIpc) is 2.72. The van der Waals surface area contributed by atoms with Crippen molar-refractivity contribution < 1.29 is 27.1 Å². The number of Topliss-reactive ketones (excluding diaryl/α,β-unsaturated/α-hetero) is 1. The SMILES string of the molecule is CC(=O)c1ccc(S(=O)(=O)N(C)CCCC(=O)NCCOc2ccc(F)cc2)cc1. The van der Waals surface area contributed by atoms with Crippen molar-refractivity contribution in [3.63, 3.8) is 0 Å². The summed E-state index contributed by atoms with van der Waals surface area (Å²) >= 11 is 0. The lowest BCUT2D eigenvalue weighted by molar-refractivity contribution is -0.121. The van der Waals surface area contributed by atoms with E-state index in [-0.39, 0.29) is 48.5 Å². The standard InChI is InChI=1S/C21H25FN2O5S/c1-16(25)17-5-11-20(12-6-17)30(27,28)24(2)14-3-4-21(26)23-13-15-29-19-9-7-18(22)8-10-19/h5-12H,3-4,13-15H2,1-2H3,(H,23,26). The maximum atomic E-state index is 12.8. The Labute approximate surface area is 175 Å². The van der Waals surface area contributed by atoms with Crippen LogP contribution in [0.25, 0.3) is 0 Å². The van der Waals surface area contributed by atoms with E-state index in [4.69, 9.17) is 4.74 Å². The van der Waals surface area contributed by atoms with Gasteiger partial charge in [0.05, 0.1) is 11.4 Å². The van der Waals surface area contributed by atoms with Gasteiger partial charge in [0.1, 0.15) is 18.2 Å². The van der Waals surface area contributed by atoms with E-state index in [0.717, 1.165) is 0 Å². The van der Waals surface area contributed by atoms with Crippen LogP contribution >= 0.6 is 0 Å². The van der Waals surface area contributed by atoms with Crippen LogP contribution in [0.3, 0.4) is 0 Å². The molecule has 2 aromatic rings. The van der Waals surface area contributed by atoms with Gasteiger partial charge in [-0.1, -0.05) is 12.1 Å². The second-order valence-corrected chi connectivity index (χ2v) is 8.71. The lowest BCUT2D eigenvalue weighted by Gasteiger charge is -2.17. The zero-order valence-electron chi connectivity index (χ0n) is 16.9. The van der Waals surface area contributed by atoms with Gasteiger partial charge in [-0.05, 0) is 49.7 Å². The normalized spacial score (nSPS) is 11.3. The van der Waals surface area contributed by atoms with E-state index in [1.54, 1.807) is 0 Å². The number of sulfonamides is 1. The zero-order valence-corrected chi connectivity index (χ0v) is 17.7. The maximum Gasteiger partial charge on any atom is 0.242 e. The molecule has 0 heterocycles. The van der Waals surface area contributed by atoms with Crippen LogP contribution < -0.4 is 10.1 Å². The van der Waals surface area contributed by atoms with E-state index in [9.17, 15) is 22.4 Å². The molecule has 2 aromatic carbocycles. The fraction of sp³-hybridized carbons (Fsp3) is 0.333. The van der Waals surface area contributed by atoms with Crippen LogP contribution in [0.1, 0.15) is 30.1 Å². The van der Waals surface area contributed by atoms with E-state index in [1.807, 2.05) is 0 Å². The number of benzene rings is 2. The van der Waals surface area contributed by atoms with Crippen LogP contribution in [0, 0.1) is 5.82 Å². The van der Waals surface area contributed by atoms with E-state index < -0.39 is 10.0 Å². The predicted octanol–water partition coefficient (Wildman–Crippen LogP) is 2.62. The zero-order chi connectivity index (χ0) is 22.1. The number of amides is 1. The highest BCUT2D eigenvalue weighted by atomic mass is 32.2. The van der Waals surface area contributed by atoms with Crippen LogP contribution in [0.15, 0.2) is 53.4 Å². The van der Waals surface area contributed by atoms with Gasteiger partial charge < -0.3 is 10.1 Å². The minimum absolute atomic E-state index is 0.0948. The van der Waals surface area contributed by atoms with Gasteiger partial charge in [0.2, 0.25) is 15.9 Å². The first-order valence-electron chi connectivity index (χ1n) is 9.42. The topological polar surface area (TPSA) is 92.8 Å². The molecule has 0 radical (unpaired) electrons. The van der Waals surface area contributed by atoms with Crippen LogP contribution in [0.4, 0.5) is 4.39 Å². The lowest BCUT2D eigenvalue weighted by atomic mass is 10.2. The average molecular weight is 437 g/mol. The van der Waals surface area contributed by atoms with Gasteiger partial charge in [0, 0.05) is 25.6 Å². The summed E-state index contributed by atoms with van der Waals surface area (Å²) in [6.45, 7) is 2.11. The van der Waals surface area contributed by atoms with Gasteiger partial charge in [0.25, 0.3) is 0 Å². The molecule has 7 nitrogen and oxygen atoms in total. The Bertz CT molecular complexity index is 960. The van der Waals surface area contributed by atoms with Crippen LogP contribution in [-0.2, 0) is 14.8 Å². The Morgan fingerprint density at radius 2 is 1.70 bits per heavy atom. The number of nitrogens with zero attached hydrogens (tertiary/aromatic N) is 1. The molecule has 30 heavy (non-hydrogen) atoms. The molecule has 0 atom stereocenters. The van der Waals surface area contributed by atoms with Crippen LogP contribution in [0.2, 0.25) is 0 Å². The predicted molar refractivity (Wildman–Crippen MR) is 110 cm³/mol. The molecule has 162 valence electrons. The van der Waals surface area contributed by atoms with E-state index in [2.05, 4.69) is 5.32 Å². The number of halogens is 1. The first kappa shape index (κ1) is 23.5. The van der Waals surface area contributed by atoms with Gasteiger partial charge in [-0.15, -0.1) is 0 Å². The number of hydrogen-bond donors (Lipinski definition) is 1. The summed E-state index contributed by atoms with van der Waals surface area (Å²) in [7, 11) is -2.24. The van der Waals surface area contributed by atoms with Crippen molar-refractivity contribution in [3.05, 3.63) is 59.9 Å². The smallest absolute Gasteiger partial charge is 0.242 e. The van der Waals surface area contributed by atoms with Crippen molar-refractivity contribution in [1.29, 1.82) is 0 Å². The molecule has 0 saturated carbocycles. The van der Waals surface area contributed by atoms with Gasteiger partial charge in [-0.25, -0.2) is 17.1 Å². The van der Waals surface area contributed by atoms with E-state index >= 15 is 0 Å². The molecule has 0 saturated heterocycles. The molecule has 0 bridgehead atoms. The third-order valence-electron chi connectivity index (χ3n) is 4.35. The number of ketones is 1. The fourth-order valence-electron chi connectivity index (χ4n) is 2.60. The monoisotopic (exact) mass is 436 g/mol. The maximum absolute atomic E-state index is 12.8. The van der Waals surface area contributed by atoms with E-state index in [1.165, 1.54) is 66.8 Å². The van der Waals surface area contributed by atoms with Crippen molar-refractivity contribution in [2.75, 3.05) is 26.7 Å². The van der Waals surface area contributed by atoms with Crippen molar-refractivity contribution in [2.24, 2.45) is 0 Å². The highest BCUT2D eigenvalue weighted by Crippen LogP contribution is 2.16. The number of nitrogens with one attached hydrogen (secondary N) is 1. The second-order valence-electron chi connectivity index (χ2n) is 6.66. The summed E-state index contributed by atoms with van der Waals surface area (Å²) in [6.07, 6.45) is 0.519. The summed E-state index contributed by atoms with van der Waals surface area (Å²) in [6, 6.07) is 11.3. The Morgan fingerprint density at radius 3 is 2.30 bits per heavy atom. The summed E-state index contributed by atoms with van der Waals surface area (Å²) < 4.78 is 44.5. The molecule has 1 amide bonds. The van der Waals surface area contributed by atoms with Crippen molar-refractivity contribution in [2.45, 2.75) is 24.7 Å². The molecule has 9 heteroatoms. The highest BCUT2D eigenvalue weighted by molar-refractivity contribution is 7.89. The van der Waals surface area contributed by atoms with Gasteiger partial charge in [0.15, 0.2) is 5.78 Å². The molecule has 0 unspecified atom stereocenters. The number of rotatable bonds is 11. The third-order valence-corrected chi connectivity index (χ3v) is 6.22. The number of hydrogen-bond acceptors (Lipinski definition) is 5. The molecular formula is C21H25FN2O5S. The first-order chi connectivity index (χ1) is 14.2. The number of ether oxygens (including phenoxy) is 1. The molecule has 0 spiro atoms. The van der Waals surface area contributed by atoms with Crippen molar-refractivity contribution in [3.8, 4) is 5.75 Å². The lowest BCUT2D eigenvalue weighted by Crippen LogP contribution is -2.31. The first-order valence-corrected chi connectivity index (χ1v) is 10.9. The Morgan fingerprint density at radius 1 is 1.07 bits per heavy atom.